The van der Waals surface area contributed by atoms with Crippen LogP contribution in [0.5, 0.6) is 0 Å². The number of hydrogen-bond acceptors (Lipinski definition) is 5. The number of nitrogens with one attached hydrogen (secondary N) is 1. The number of nitrogen functional groups attached to an aromatic ring is 1. The van der Waals surface area contributed by atoms with Crippen molar-refractivity contribution in [2.75, 3.05) is 19.3 Å². The number of aryl methyl sites for hydroxylation is 1. The molecule has 33 heavy (non-hydrogen) atoms. The number of carbonyl (C=O) groups excluding carboxylic acids is 1. The minimum atomic E-state index is -0.287. The fraction of sp³-hybridized carbons (Fsp3) is 0.269. The Balaban J connectivity index is 1.52. The molecule has 0 aliphatic heterocycles. The quantitative estimate of drug-likeness (QED) is 0.359. The molecule has 3 rings (SSSR count). The minimum Gasteiger partial charge on any atom is -0.397 e. The van der Waals surface area contributed by atoms with E-state index in [0.717, 1.165) is 28.2 Å². The van der Waals surface area contributed by atoms with E-state index in [1.54, 1.807) is 18.3 Å². The number of carbonyl (C=O) groups is 1. The Bertz CT molecular complexity index is 1100. The van der Waals surface area contributed by atoms with Gasteiger partial charge in [0.2, 0.25) is 5.91 Å². The number of para-hydroxylation sites is 2. The van der Waals surface area contributed by atoms with Crippen molar-refractivity contribution in [3.8, 4) is 0 Å². The van der Waals surface area contributed by atoms with Crippen molar-refractivity contribution < 1.29 is 9.18 Å². The van der Waals surface area contributed by atoms with Gasteiger partial charge in [-0.2, -0.15) is 0 Å². The third-order valence-electron chi connectivity index (χ3n) is 5.18. The van der Waals surface area contributed by atoms with Gasteiger partial charge in [0, 0.05) is 38.0 Å². The van der Waals surface area contributed by atoms with Crippen molar-refractivity contribution in [1.82, 2.24) is 15.2 Å². The summed E-state index contributed by atoms with van der Waals surface area (Å²) in [6.45, 7) is 3.67. The molecule has 0 atom stereocenters. The normalized spacial score (nSPS) is 11.6. The van der Waals surface area contributed by atoms with Crippen LogP contribution in [0.2, 0.25) is 0 Å². The zero-order valence-electron chi connectivity index (χ0n) is 19.1. The van der Waals surface area contributed by atoms with Crippen LogP contribution in [0.3, 0.4) is 0 Å². The fourth-order valence-corrected chi connectivity index (χ4v) is 3.51. The molecule has 0 saturated heterocycles. The number of aliphatic imine (C=N–C) groups is 1. The lowest BCUT2D eigenvalue weighted by atomic mass is 10.1. The van der Waals surface area contributed by atoms with Crippen molar-refractivity contribution in [2.45, 2.75) is 32.9 Å². The van der Waals surface area contributed by atoms with Crippen LogP contribution >= 0.6 is 0 Å². The van der Waals surface area contributed by atoms with Gasteiger partial charge in [-0.3, -0.25) is 19.7 Å². The van der Waals surface area contributed by atoms with Crippen LogP contribution in [0, 0.1) is 5.82 Å². The highest BCUT2D eigenvalue weighted by molar-refractivity contribution is 5.88. The van der Waals surface area contributed by atoms with Gasteiger partial charge >= 0.3 is 0 Å². The standard InChI is InChI=1S/C26H30FN5O/c1-19(31-24-8-4-3-7-23(24)28)17-32(2)18-25-21(6-5-15-29-25)11-14-26(33)30-16-20-9-12-22(27)13-10-20/h3-10,12-13,15H,11,14,16-18,28H2,1-2H3,(H,30,33). The van der Waals surface area contributed by atoms with E-state index in [1.165, 1.54) is 12.1 Å². The van der Waals surface area contributed by atoms with Crippen LogP contribution in [0.25, 0.3) is 0 Å². The van der Waals surface area contributed by atoms with Gasteiger partial charge in [-0.1, -0.05) is 30.3 Å². The number of aromatic nitrogens is 1. The molecular formula is C26H30FN5O. The first kappa shape index (κ1) is 24.1. The van der Waals surface area contributed by atoms with Crippen LogP contribution in [-0.2, 0) is 24.3 Å². The number of benzene rings is 2. The maximum Gasteiger partial charge on any atom is 0.220 e. The minimum absolute atomic E-state index is 0.0501. The van der Waals surface area contributed by atoms with Crippen LogP contribution in [0.1, 0.15) is 30.2 Å². The van der Waals surface area contributed by atoms with E-state index in [1.807, 2.05) is 50.4 Å². The van der Waals surface area contributed by atoms with Crippen LogP contribution < -0.4 is 11.1 Å². The molecule has 7 heteroatoms. The smallest absolute Gasteiger partial charge is 0.220 e. The Kier molecular flexibility index (Phi) is 8.66. The Morgan fingerprint density at radius 1 is 1.12 bits per heavy atom. The zero-order valence-corrected chi connectivity index (χ0v) is 19.1. The van der Waals surface area contributed by atoms with Gasteiger partial charge in [0.05, 0.1) is 17.1 Å². The molecule has 3 N–H and O–H groups in total. The van der Waals surface area contributed by atoms with E-state index in [-0.39, 0.29) is 11.7 Å². The second-order valence-corrected chi connectivity index (χ2v) is 8.09. The van der Waals surface area contributed by atoms with E-state index >= 15 is 0 Å². The summed E-state index contributed by atoms with van der Waals surface area (Å²) in [7, 11) is 2.02. The van der Waals surface area contributed by atoms with Crippen molar-refractivity contribution in [2.24, 2.45) is 4.99 Å². The number of nitrogens with two attached hydrogens (primary N) is 1. The SMILES string of the molecule is CC(CN(C)Cc1ncccc1CCC(=O)NCc1ccc(F)cc1)=Nc1ccccc1N. The van der Waals surface area contributed by atoms with Crippen LogP contribution in [0.15, 0.2) is 71.9 Å². The molecular weight excluding hydrogens is 417 g/mol. The lowest BCUT2D eigenvalue weighted by Crippen LogP contribution is -2.26. The number of pyridine rings is 1. The third kappa shape index (κ3) is 7.80. The van der Waals surface area contributed by atoms with Gasteiger partial charge < -0.3 is 11.1 Å². The summed E-state index contributed by atoms with van der Waals surface area (Å²) >= 11 is 0. The predicted octanol–water partition coefficient (Wildman–Crippen LogP) is 4.28. The second kappa shape index (κ2) is 11.9. The molecule has 0 fully saturated rings. The lowest BCUT2D eigenvalue weighted by molar-refractivity contribution is -0.121. The topological polar surface area (TPSA) is 83.6 Å². The second-order valence-electron chi connectivity index (χ2n) is 8.09. The van der Waals surface area contributed by atoms with E-state index in [2.05, 4.69) is 20.2 Å². The molecule has 1 aromatic heterocycles. The molecule has 0 unspecified atom stereocenters. The Hall–Kier alpha value is -3.58. The van der Waals surface area contributed by atoms with Gasteiger partial charge in [-0.25, -0.2) is 4.39 Å². The zero-order chi connectivity index (χ0) is 23.6. The highest BCUT2D eigenvalue weighted by Gasteiger charge is 2.10. The monoisotopic (exact) mass is 447 g/mol. The molecule has 0 aliphatic rings. The highest BCUT2D eigenvalue weighted by Crippen LogP contribution is 2.21. The van der Waals surface area contributed by atoms with Gasteiger partial charge in [0.25, 0.3) is 0 Å². The Morgan fingerprint density at radius 2 is 1.88 bits per heavy atom. The largest absolute Gasteiger partial charge is 0.397 e. The van der Waals surface area contributed by atoms with E-state index in [9.17, 15) is 9.18 Å². The fourth-order valence-electron chi connectivity index (χ4n) is 3.51. The molecule has 1 amide bonds. The third-order valence-corrected chi connectivity index (χ3v) is 5.18. The van der Waals surface area contributed by atoms with E-state index in [4.69, 9.17) is 5.73 Å². The Morgan fingerprint density at radius 3 is 2.64 bits per heavy atom. The molecule has 0 saturated carbocycles. The number of hydrogen-bond donors (Lipinski definition) is 2. The van der Waals surface area contributed by atoms with Crippen molar-refractivity contribution in [1.29, 1.82) is 0 Å². The summed E-state index contributed by atoms with van der Waals surface area (Å²) in [5.41, 5.74) is 11.2. The molecule has 0 radical (unpaired) electrons. The van der Waals surface area contributed by atoms with Gasteiger partial charge in [0.1, 0.15) is 5.82 Å². The summed E-state index contributed by atoms with van der Waals surface area (Å²) in [5, 5.41) is 2.88. The molecule has 1 heterocycles. The first-order chi connectivity index (χ1) is 15.9. The molecule has 6 nitrogen and oxygen atoms in total. The first-order valence-electron chi connectivity index (χ1n) is 10.9. The number of nitrogens with zero attached hydrogens (tertiary/aromatic N) is 3. The molecule has 0 spiro atoms. The highest BCUT2D eigenvalue weighted by atomic mass is 19.1. The average Bonchev–Trinajstić information content (AvgIpc) is 2.79. The van der Waals surface area contributed by atoms with E-state index < -0.39 is 0 Å². The maximum absolute atomic E-state index is 13.0. The molecule has 172 valence electrons. The number of halogens is 1. The summed E-state index contributed by atoms with van der Waals surface area (Å²) < 4.78 is 13.0. The van der Waals surface area contributed by atoms with Gasteiger partial charge in [0.15, 0.2) is 0 Å². The summed E-state index contributed by atoms with van der Waals surface area (Å²) in [6, 6.07) is 17.6. The van der Waals surface area contributed by atoms with Crippen LogP contribution in [-0.4, -0.2) is 35.1 Å². The van der Waals surface area contributed by atoms with Gasteiger partial charge in [-0.05, 0) is 61.9 Å². The molecule has 0 aliphatic carbocycles. The van der Waals surface area contributed by atoms with Crippen LogP contribution in [0.4, 0.5) is 15.8 Å². The van der Waals surface area contributed by atoms with Crippen molar-refractivity contribution >= 4 is 23.0 Å². The summed E-state index contributed by atoms with van der Waals surface area (Å²) in [5.74, 6) is -0.337. The summed E-state index contributed by atoms with van der Waals surface area (Å²) in [4.78, 5) is 23.6. The Labute approximate surface area is 194 Å². The van der Waals surface area contributed by atoms with Crippen molar-refractivity contribution in [3.63, 3.8) is 0 Å². The molecule has 3 aromatic rings. The van der Waals surface area contributed by atoms with Crippen molar-refractivity contribution in [3.05, 3.63) is 89.5 Å². The predicted molar refractivity (Wildman–Crippen MR) is 131 cm³/mol. The molecule has 0 bridgehead atoms. The van der Waals surface area contributed by atoms with E-state index in [0.29, 0.717) is 38.2 Å². The van der Waals surface area contributed by atoms with Gasteiger partial charge in [-0.15, -0.1) is 0 Å². The number of amides is 1. The summed E-state index contributed by atoms with van der Waals surface area (Å²) in [6.07, 6.45) is 2.73. The number of rotatable bonds is 10. The lowest BCUT2D eigenvalue weighted by Gasteiger charge is -2.18. The average molecular weight is 448 g/mol. The first-order valence-corrected chi connectivity index (χ1v) is 10.9. The number of anilines is 1. The maximum atomic E-state index is 13.0. The molecule has 2 aromatic carbocycles.